The van der Waals surface area contributed by atoms with Crippen molar-refractivity contribution in [1.29, 1.82) is 0 Å². The van der Waals surface area contributed by atoms with E-state index in [1.807, 2.05) is 0 Å². The van der Waals surface area contributed by atoms with Crippen molar-refractivity contribution in [3.8, 4) is 0 Å². The Morgan fingerprint density at radius 3 is 3.12 bits per heavy atom. The maximum Gasteiger partial charge on any atom is 0.229 e. The number of rotatable bonds is 2. The smallest absolute Gasteiger partial charge is 0.229 e. The molecule has 0 bridgehead atoms. The second-order valence-corrected chi connectivity index (χ2v) is 5.58. The van der Waals surface area contributed by atoms with Crippen LogP contribution in [0.25, 0.3) is 0 Å². The van der Waals surface area contributed by atoms with Gasteiger partial charge >= 0.3 is 0 Å². The Bertz CT molecular complexity index is 406. The van der Waals surface area contributed by atoms with Gasteiger partial charge in [-0.1, -0.05) is 18.3 Å². The number of carbonyl (C=O) groups excluding carboxylic acids is 1. The number of carbonyl (C=O) groups is 1. The number of fused-ring (bicyclic) bond motifs is 1. The first-order valence-electron chi connectivity index (χ1n) is 5.61. The fourth-order valence-corrected chi connectivity index (χ4v) is 2.91. The molecule has 0 saturated heterocycles. The molecule has 2 aliphatic rings. The molecular weight excluding hydrogens is 224 g/mol. The highest BCUT2D eigenvalue weighted by atomic mass is 32.1. The minimum Gasteiger partial charge on any atom is -0.375 e. The van der Waals surface area contributed by atoms with Crippen LogP contribution < -0.4 is 5.32 Å². The molecule has 1 N–H and O–H groups in total. The quantitative estimate of drug-likeness (QED) is 0.855. The van der Waals surface area contributed by atoms with Crippen molar-refractivity contribution < 1.29 is 9.53 Å². The Morgan fingerprint density at radius 2 is 2.44 bits per heavy atom. The molecule has 0 radical (unpaired) electrons. The van der Waals surface area contributed by atoms with Crippen LogP contribution in [0.1, 0.15) is 23.9 Å². The third-order valence-corrected chi connectivity index (χ3v) is 4.16. The third-order valence-electron chi connectivity index (χ3n) is 3.17. The summed E-state index contributed by atoms with van der Waals surface area (Å²) < 4.78 is 5.35. The molecule has 2 unspecified atom stereocenters. The summed E-state index contributed by atoms with van der Waals surface area (Å²) in [5.74, 6) is 0.870. The van der Waals surface area contributed by atoms with E-state index in [0.29, 0.717) is 12.5 Å². The molecule has 1 saturated carbocycles. The van der Waals surface area contributed by atoms with Crippen LogP contribution in [0.2, 0.25) is 0 Å². The lowest BCUT2D eigenvalue weighted by molar-refractivity contribution is -0.117. The highest BCUT2D eigenvalue weighted by Crippen LogP contribution is 2.39. The molecule has 86 valence electrons. The van der Waals surface area contributed by atoms with Gasteiger partial charge < -0.3 is 10.1 Å². The number of hydrogen-bond acceptors (Lipinski definition) is 4. The molecule has 2 atom stereocenters. The fraction of sp³-hybridized carbons (Fsp3) is 0.636. The van der Waals surface area contributed by atoms with E-state index >= 15 is 0 Å². The molecule has 0 spiro atoms. The zero-order valence-electron chi connectivity index (χ0n) is 9.16. The normalized spacial score (nSPS) is 27.3. The molecule has 1 aromatic rings. The number of ether oxygens (including phenoxy) is 1. The zero-order valence-corrected chi connectivity index (χ0v) is 9.97. The summed E-state index contributed by atoms with van der Waals surface area (Å²) in [5.41, 5.74) is 1.09. The Morgan fingerprint density at radius 1 is 1.62 bits per heavy atom. The van der Waals surface area contributed by atoms with Crippen LogP contribution in [-0.2, 0) is 22.6 Å². The Balaban J connectivity index is 1.70. The molecule has 16 heavy (non-hydrogen) atoms. The van der Waals surface area contributed by atoms with Gasteiger partial charge in [0, 0.05) is 12.3 Å². The van der Waals surface area contributed by atoms with E-state index in [0.717, 1.165) is 35.2 Å². The van der Waals surface area contributed by atoms with E-state index in [2.05, 4.69) is 17.2 Å². The predicted molar refractivity (Wildman–Crippen MR) is 61.4 cm³/mol. The second kappa shape index (κ2) is 3.82. The molecule has 1 fully saturated rings. The van der Waals surface area contributed by atoms with Crippen molar-refractivity contribution in [2.24, 2.45) is 11.8 Å². The van der Waals surface area contributed by atoms with Gasteiger partial charge in [0.2, 0.25) is 5.91 Å². The average Bonchev–Trinajstić information content (AvgIpc) is 2.87. The number of thiazole rings is 1. The topological polar surface area (TPSA) is 51.2 Å². The highest BCUT2D eigenvalue weighted by Gasteiger charge is 2.39. The van der Waals surface area contributed by atoms with Crippen molar-refractivity contribution in [1.82, 2.24) is 4.98 Å². The van der Waals surface area contributed by atoms with Crippen molar-refractivity contribution in [3.63, 3.8) is 0 Å². The van der Waals surface area contributed by atoms with Gasteiger partial charge in [-0.2, -0.15) is 0 Å². The summed E-state index contributed by atoms with van der Waals surface area (Å²) in [7, 11) is 0. The van der Waals surface area contributed by atoms with E-state index in [4.69, 9.17) is 4.74 Å². The van der Waals surface area contributed by atoms with E-state index in [9.17, 15) is 4.79 Å². The number of nitrogens with zero attached hydrogens (tertiary/aromatic N) is 1. The van der Waals surface area contributed by atoms with Crippen LogP contribution in [0.5, 0.6) is 0 Å². The van der Waals surface area contributed by atoms with E-state index in [1.54, 1.807) is 11.3 Å². The molecule has 1 amide bonds. The minimum atomic E-state index is 0.125. The first kappa shape index (κ1) is 10.2. The SMILES string of the molecule is CC1CC1C(=O)Nc1nc2c(s1)COCC2. The van der Waals surface area contributed by atoms with Gasteiger partial charge in [-0.3, -0.25) is 4.79 Å². The monoisotopic (exact) mass is 238 g/mol. The van der Waals surface area contributed by atoms with Crippen molar-refractivity contribution in [2.45, 2.75) is 26.4 Å². The largest absolute Gasteiger partial charge is 0.375 e. The Labute approximate surface area is 98.0 Å². The van der Waals surface area contributed by atoms with Gasteiger partial charge in [-0.15, -0.1) is 0 Å². The number of hydrogen-bond donors (Lipinski definition) is 1. The third kappa shape index (κ3) is 1.85. The summed E-state index contributed by atoms with van der Waals surface area (Å²) in [4.78, 5) is 17.3. The van der Waals surface area contributed by atoms with Gasteiger partial charge in [0.05, 0.1) is 23.8 Å². The molecule has 1 aliphatic carbocycles. The molecule has 3 rings (SSSR count). The fourth-order valence-electron chi connectivity index (χ4n) is 1.96. The van der Waals surface area contributed by atoms with Gasteiger partial charge in [0.25, 0.3) is 0 Å². The minimum absolute atomic E-state index is 0.125. The van der Waals surface area contributed by atoms with Crippen LogP contribution >= 0.6 is 11.3 Å². The number of nitrogens with one attached hydrogen (secondary N) is 1. The summed E-state index contributed by atoms with van der Waals surface area (Å²) in [5, 5.41) is 3.64. The lowest BCUT2D eigenvalue weighted by atomic mass is 10.2. The summed E-state index contributed by atoms with van der Waals surface area (Å²) in [6.45, 7) is 3.48. The second-order valence-electron chi connectivity index (χ2n) is 4.50. The molecule has 1 aliphatic heterocycles. The molecule has 2 heterocycles. The highest BCUT2D eigenvalue weighted by molar-refractivity contribution is 7.15. The zero-order chi connectivity index (χ0) is 11.1. The lowest BCUT2D eigenvalue weighted by Crippen LogP contribution is -2.14. The molecule has 4 nitrogen and oxygen atoms in total. The average molecular weight is 238 g/mol. The maximum atomic E-state index is 11.7. The Hall–Kier alpha value is -0.940. The maximum absolute atomic E-state index is 11.7. The van der Waals surface area contributed by atoms with Crippen molar-refractivity contribution >= 4 is 22.4 Å². The lowest BCUT2D eigenvalue weighted by Gasteiger charge is -2.08. The van der Waals surface area contributed by atoms with Gasteiger partial charge in [-0.25, -0.2) is 4.98 Å². The van der Waals surface area contributed by atoms with Gasteiger partial charge in [-0.05, 0) is 12.3 Å². The van der Waals surface area contributed by atoms with E-state index < -0.39 is 0 Å². The van der Waals surface area contributed by atoms with Crippen LogP contribution in [0.4, 0.5) is 5.13 Å². The number of aromatic nitrogens is 1. The molecule has 1 aromatic heterocycles. The van der Waals surface area contributed by atoms with Gasteiger partial charge in [0.1, 0.15) is 0 Å². The first-order chi connectivity index (χ1) is 7.74. The number of anilines is 1. The van der Waals surface area contributed by atoms with Crippen molar-refractivity contribution in [3.05, 3.63) is 10.6 Å². The number of amides is 1. The van der Waals surface area contributed by atoms with Gasteiger partial charge in [0.15, 0.2) is 5.13 Å². The summed E-state index contributed by atoms with van der Waals surface area (Å²) in [6.07, 6.45) is 1.88. The molecular formula is C11H14N2O2S. The van der Waals surface area contributed by atoms with Crippen molar-refractivity contribution in [2.75, 3.05) is 11.9 Å². The first-order valence-corrected chi connectivity index (χ1v) is 6.43. The van der Waals surface area contributed by atoms with E-state index in [1.165, 1.54) is 0 Å². The van der Waals surface area contributed by atoms with Crippen LogP contribution in [-0.4, -0.2) is 17.5 Å². The Kier molecular flexibility index (Phi) is 2.44. The molecule has 5 heteroatoms. The molecule has 0 aromatic carbocycles. The van der Waals surface area contributed by atoms with Crippen LogP contribution in [0.3, 0.4) is 0 Å². The van der Waals surface area contributed by atoms with Crippen LogP contribution in [0, 0.1) is 11.8 Å². The predicted octanol–water partition coefficient (Wildman–Crippen LogP) is 1.81. The van der Waals surface area contributed by atoms with Crippen LogP contribution in [0.15, 0.2) is 0 Å². The summed E-state index contributed by atoms with van der Waals surface area (Å²) in [6, 6.07) is 0. The summed E-state index contributed by atoms with van der Waals surface area (Å²) >= 11 is 1.54. The van der Waals surface area contributed by atoms with E-state index in [-0.39, 0.29) is 11.8 Å². The standard InChI is InChI=1S/C11H14N2O2S/c1-6-4-7(6)10(14)13-11-12-8-2-3-15-5-9(8)16-11/h6-7H,2-5H2,1H3,(H,12,13,14).